The maximum atomic E-state index is 12.7. The summed E-state index contributed by atoms with van der Waals surface area (Å²) in [6.07, 6.45) is 7.08. The third-order valence-electron chi connectivity index (χ3n) is 3.92. The quantitative estimate of drug-likeness (QED) is 0.844. The van der Waals surface area contributed by atoms with Crippen molar-refractivity contribution in [3.05, 3.63) is 64.3 Å². The van der Waals surface area contributed by atoms with E-state index in [9.17, 15) is 9.59 Å². The highest BCUT2D eigenvalue weighted by molar-refractivity contribution is 5.94. The zero-order valence-corrected chi connectivity index (χ0v) is 11.9. The topological polar surface area (TPSA) is 55.2 Å². The molecule has 0 bridgehead atoms. The summed E-state index contributed by atoms with van der Waals surface area (Å²) in [6.45, 7) is 0.737. The molecule has 0 N–H and O–H groups in total. The van der Waals surface area contributed by atoms with Crippen molar-refractivity contribution in [3.63, 3.8) is 0 Å². The largest absolute Gasteiger partial charge is 0.332 e. The van der Waals surface area contributed by atoms with Crippen molar-refractivity contribution in [2.45, 2.75) is 18.9 Å². The lowest BCUT2D eigenvalue weighted by Gasteiger charge is -2.25. The molecular weight excluding hydrogens is 266 g/mol. The predicted molar refractivity (Wildman–Crippen MR) is 78.9 cm³/mol. The Balaban J connectivity index is 1.89. The number of nitrogens with zero attached hydrogens (tertiary/aromatic N) is 3. The van der Waals surface area contributed by atoms with Crippen molar-refractivity contribution in [2.24, 2.45) is 7.05 Å². The molecule has 1 unspecified atom stereocenters. The van der Waals surface area contributed by atoms with Crippen LogP contribution < -0.4 is 5.56 Å². The molecule has 0 aromatic carbocycles. The molecule has 0 spiro atoms. The molecule has 3 rings (SSSR count). The van der Waals surface area contributed by atoms with Gasteiger partial charge in [-0.3, -0.25) is 14.6 Å². The van der Waals surface area contributed by atoms with Gasteiger partial charge < -0.3 is 9.47 Å². The summed E-state index contributed by atoms with van der Waals surface area (Å²) in [5, 5.41) is 0. The van der Waals surface area contributed by atoms with Gasteiger partial charge in [-0.05, 0) is 30.5 Å². The van der Waals surface area contributed by atoms with Gasteiger partial charge in [-0.15, -0.1) is 0 Å². The van der Waals surface area contributed by atoms with E-state index < -0.39 is 0 Å². The number of pyridine rings is 2. The van der Waals surface area contributed by atoms with Crippen molar-refractivity contribution >= 4 is 5.91 Å². The monoisotopic (exact) mass is 283 g/mol. The molecule has 0 saturated carbocycles. The molecule has 3 heterocycles. The molecule has 1 amide bonds. The summed E-state index contributed by atoms with van der Waals surface area (Å²) in [4.78, 5) is 30.1. The van der Waals surface area contributed by atoms with E-state index in [1.54, 1.807) is 25.5 Å². The number of aromatic nitrogens is 2. The van der Waals surface area contributed by atoms with Crippen LogP contribution in [0.4, 0.5) is 0 Å². The first-order valence-corrected chi connectivity index (χ1v) is 7.04. The van der Waals surface area contributed by atoms with Crippen LogP contribution >= 0.6 is 0 Å². The van der Waals surface area contributed by atoms with Crippen LogP contribution in [0, 0.1) is 0 Å². The lowest BCUT2D eigenvalue weighted by molar-refractivity contribution is 0.0734. The van der Waals surface area contributed by atoms with Crippen LogP contribution in [0.1, 0.15) is 34.8 Å². The Morgan fingerprint density at radius 1 is 1.33 bits per heavy atom. The Bertz CT molecular complexity index is 709. The molecule has 0 aliphatic carbocycles. The minimum Gasteiger partial charge on any atom is -0.332 e. The van der Waals surface area contributed by atoms with E-state index in [0.29, 0.717) is 5.56 Å². The molecule has 21 heavy (non-hydrogen) atoms. The van der Waals surface area contributed by atoms with Gasteiger partial charge in [0.25, 0.3) is 5.91 Å². The third-order valence-corrected chi connectivity index (χ3v) is 3.92. The van der Waals surface area contributed by atoms with Crippen LogP contribution in [-0.4, -0.2) is 26.9 Å². The third kappa shape index (κ3) is 2.59. The fraction of sp³-hybridized carbons (Fsp3) is 0.312. The Labute approximate surface area is 122 Å². The molecule has 5 heteroatoms. The molecule has 1 aliphatic rings. The first kappa shape index (κ1) is 13.5. The van der Waals surface area contributed by atoms with Crippen molar-refractivity contribution in [2.75, 3.05) is 6.54 Å². The molecule has 1 aliphatic heterocycles. The molecule has 2 aromatic rings. The first-order valence-electron chi connectivity index (χ1n) is 7.04. The Kier molecular flexibility index (Phi) is 3.56. The van der Waals surface area contributed by atoms with Gasteiger partial charge in [-0.25, -0.2) is 0 Å². The molecular formula is C16H17N3O2. The van der Waals surface area contributed by atoms with Crippen molar-refractivity contribution < 1.29 is 4.79 Å². The molecule has 1 fully saturated rings. The highest BCUT2D eigenvalue weighted by Crippen LogP contribution is 2.32. The Morgan fingerprint density at radius 2 is 2.19 bits per heavy atom. The number of aryl methyl sites for hydroxylation is 1. The smallest absolute Gasteiger partial charge is 0.255 e. The van der Waals surface area contributed by atoms with E-state index in [1.807, 2.05) is 23.2 Å². The van der Waals surface area contributed by atoms with Gasteiger partial charge in [0.2, 0.25) is 5.56 Å². The van der Waals surface area contributed by atoms with Gasteiger partial charge in [0.05, 0.1) is 11.6 Å². The second-order valence-electron chi connectivity index (χ2n) is 5.31. The van der Waals surface area contributed by atoms with Crippen molar-refractivity contribution in [1.82, 2.24) is 14.5 Å². The minimum absolute atomic E-state index is 0.0306. The summed E-state index contributed by atoms with van der Waals surface area (Å²) in [6, 6.07) is 7.00. The average Bonchev–Trinajstić information content (AvgIpc) is 2.99. The second kappa shape index (κ2) is 5.52. The van der Waals surface area contributed by atoms with E-state index >= 15 is 0 Å². The van der Waals surface area contributed by atoms with Gasteiger partial charge in [0, 0.05) is 38.2 Å². The fourth-order valence-corrected chi connectivity index (χ4v) is 2.82. The molecule has 1 atom stereocenters. The molecule has 0 radical (unpaired) electrons. The fourth-order valence-electron chi connectivity index (χ4n) is 2.82. The highest BCUT2D eigenvalue weighted by Gasteiger charge is 2.30. The van der Waals surface area contributed by atoms with E-state index in [2.05, 4.69) is 4.98 Å². The van der Waals surface area contributed by atoms with Crippen LogP contribution in [-0.2, 0) is 7.05 Å². The van der Waals surface area contributed by atoms with Gasteiger partial charge in [-0.1, -0.05) is 6.07 Å². The second-order valence-corrected chi connectivity index (χ2v) is 5.31. The number of rotatable bonds is 2. The summed E-state index contributed by atoms with van der Waals surface area (Å²) in [5.74, 6) is -0.0306. The van der Waals surface area contributed by atoms with Crippen LogP contribution in [0.5, 0.6) is 0 Å². The van der Waals surface area contributed by atoms with Gasteiger partial charge >= 0.3 is 0 Å². The highest BCUT2D eigenvalue weighted by atomic mass is 16.2. The standard InChI is InChI=1S/C16H17N3O2/c1-18-11-13(6-7-15(18)20)16(21)19-9-3-5-14(19)12-4-2-8-17-10-12/h2,4,6-8,10-11,14H,3,5,9H2,1H3. The van der Waals surface area contributed by atoms with Gasteiger partial charge in [0.1, 0.15) is 0 Å². The van der Waals surface area contributed by atoms with E-state index in [1.165, 1.54) is 10.6 Å². The number of amides is 1. The van der Waals surface area contributed by atoms with Crippen molar-refractivity contribution in [3.8, 4) is 0 Å². The summed E-state index contributed by atoms with van der Waals surface area (Å²) in [7, 11) is 1.65. The van der Waals surface area contributed by atoms with E-state index in [0.717, 1.165) is 24.9 Å². The number of hydrogen-bond donors (Lipinski definition) is 0. The van der Waals surface area contributed by atoms with Gasteiger partial charge in [0.15, 0.2) is 0 Å². The van der Waals surface area contributed by atoms with Crippen LogP contribution in [0.15, 0.2) is 47.7 Å². The predicted octanol–water partition coefficient (Wildman–Crippen LogP) is 1.76. The first-order chi connectivity index (χ1) is 10.2. The molecule has 108 valence electrons. The number of hydrogen-bond acceptors (Lipinski definition) is 3. The maximum absolute atomic E-state index is 12.7. The summed E-state index contributed by atoms with van der Waals surface area (Å²) < 4.78 is 1.43. The number of likely N-dealkylation sites (tertiary alicyclic amines) is 1. The molecule has 2 aromatic heterocycles. The van der Waals surface area contributed by atoms with Crippen LogP contribution in [0.2, 0.25) is 0 Å². The Hall–Kier alpha value is -2.43. The minimum atomic E-state index is -0.114. The zero-order chi connectivity index (χ0) is 14.8. The van der Waals surface area contributed by atoms with Crippen LogP contribution in [0.25, 0.3) is 0 Å². The molecule has 1 saturated heterocycles. The lowest BCUT2D eigenvalue weighted by atomic mass is 10.1. The summed E-state index contributed by atoms with van der Waals surface area (Å²) >= 11 is 0. The van der Waals surface area contributed by atoms with Gasteiger partial charge in [-0.2, -0.15) is 0 Å². The maximum Gasteiger partial charge on any atom is 0.255 e. The SMILES string of the molecule is Cn1cc(C(=O)N2CCCC2c2cccnc2)ccc1=O. The lowest BCUT2D eigenvalue weighted by Crippen LogP contribution is -2.31. The number of carbonyl (C=O) groups is 1. The molecule has 5 nitrogen and oxygen atoms in total. The summed E-state index contributed by atoms with van der Waals surface area (Å²) in [5.41, 5.74) is 1.50. The number of carbonyl (C=O) groups excluding carboxylic acids is 1. The van der Waals surface area contributed by atoms with Crippen molar-refractivity contribution in [1.29, 1.82) is 0 Å². The average molecular weight is 283 g/mol. The zero-order valence-electron chi connectivity index (χ0n) is 11.9. The normalized spacial score (nSPS) is 18.0. The van der Waals surface area contributed by atoms with E-state index in [-0.39, 0.29) is 17.5 Å². The van der Waals surface area contributed by atoms with E-state index in [4.69, 9.17) is 0 Å². The van der Waals surface area contributed by atoms with Crippen LogP contribution in [0.3, 0.4) is 0 Å². The Morgan fingerprint density at radius 3 is 2.90 bits per heavy atom.